The smallest absolute Gasteiger partial charge is 0.271 e. The molecule has 1 fully saturated rings. The van der Waals surface area contributed by atoms with Crippen LogP contribution in [0, 0.1) is 11.3 Å². The van der Waals surface area contributed by atoms with Crippen LogP contribution in [0.5, 0.6) is 0 Å². The molecular formula is C20H31N3O. The molecule has 4 heteroatoms. The summed E-state index contributed by atoms with van der Waals surface area (Å²) in [5.74, 6) is 0.625. The Morgan fingerprint density at radius 3 is 2.29 bits per heavy atom. The minimum atomic E-state index is -0.135. The molecule has 0 unspecified atom stereocenters. The zero-order chi connectivity index (χ0) is 17.7. The number of amides is 1. The molecule has 0 aromatic heterocycles. The summed E-state index contributed by atoms with van der Waals surface area (Å²) in [6.45, 7) is 6.99. The van der Waals surface area contributed by atoms with Crippen LogP contribution in [0.4, 0.5) is 5.69 Å². The van der Waals surface area contributed by atoms with E-state index >= 15 is 0 Å². The van der Waals surface area contributed by atoms with Gasteiger partial charge in [-0.1, -0.05) is 27.2 Å². The first-order valence-corrected chi connectivity index (χ1v) is 8.96. The van der Waals surface area contributed by atoms with Crippen LogP contribution in [0.2, 0.25) is 0 Å². The van der Waals surface area contributed by atoms with Crippen LogP contribution in [-0.2, 0) is 0 Å². The number of nitrogens with zero attached hydrogens (tertiary/aromatic N) is 2. The molecule has 0 aliphatic heterocycles. The lowest BCUT2D eigenvalue weighted by molar-refractivity contribution is 0.0954. The number of carbonyl (C=O) groups is 1. The standard InChI is InChI=1S/C20H31N3O/c1-6-20(2,3)16-9-11-17(12-10-16)21-22-19(24)15-7-13-18(14-8-15)23(4)5/h7-8,13-14,16H,6,9-12H2,1-5H3,(H,22,24). The van der Waals surface area contributed by atoms with Crippen molar-refractivity contribution < 1.29 is 4.79 Å². The zero-order valence-corrected chi connectivity index (χ0v) is 15.7. The van der Waals surface area contributed by atoms with E-state index in [0.717, 1.165) is 30.2 Å². The first-order valence-electron chi connectivity index (χ1n) is 8.96. The maximum Gasteiger partial charge on any atom is 0.271 e. The fraction of sp³-hybridized carbons (Fsp3) is 0.600. The van der Waals surface area contributed by atoms with Crippen molar-refractivity contribution in [1.29, 1.82) is 0 Å². The lowest BCUT2D eigenvalue weighted by Gasteiger charge is -2.36. The maximum atomic E-state index is 12.2. The number of anilines is 1. The molecule has 0 saturated heterocycles. The number of hydrogen-bond donors (Lipinski definition) is 1. The molecule has 1 amide bonds. The van der Waals surface area contributed by atoms with E-state index in [1.807, 2.05) is 43.3 Å². The first-order chi connectivity index (χ1) is 11.3. The lowest BCUT2D eigenvalue weighted by atomic mass is 9.69. The Hall–Kier alpha value is -1.84. The second-order valence-electron chi connectivity index (χ2n) is 7.68. The van der Waals surface area contributed by atoms with Gasteiger partial charge in [0.25, 0.3) is 5.91 Å². The van der Waals surface area contributed by atoms with E-state index in [-0.39, 0.29) is 5.91 Å². The van der Waals surface area contributed by atoms with Gasteiger partial charge in [-0.05, 0) is 61.3 Å². The van der Waals surface area contributed by atoms with E-state index in [2.05, 4.69) is 31.3 Å². The van der Waals surface area contributed by atoms with Crippen LogP contribution in [0.15, 0.2) is 29.4 Å². The summed E-state index contributed by atoms with van der Waals surface area (Å²) in [5, 5.41) is 4.37. The van der Waals surface area contributed by atoms with Crippen LogP contribution < -0.4 is 10.3 Å². The third-order valence-electron chi connectivity index (χ3n) is 5.54. The van der Waals surface area contributed by atoms with Crippen molar-refractivity contribution in [2.45, 2.75) is 52.9 Å². The van der Waals surface area contributed by atoms with Gasteiger partial charge >= 0.3 is 0 Å². The zero-order valence-electron chi connectivity index (χ0n) is 15.7. The van der Waals surface area contributed by atoms with Crippen LogP contribution in [0.25, 0.3) is 0 Å². The third-order valence-corrected chi connectivity index (χ3v) is 5.54. The predicted molar refractivity (Wildman–Crippen MR) is 102 cm³/mol. The van der Waals surface area contributed by atoms with Crippen molar-refractivity contribution in [1.82, 2.24) is 5.43 Å². The topological polar surface area (TPSA) is 44.7 Å². The summed E-state index contributed by atoms with van der Waals surface area (Å²) < 4.78 is 0. The summed E-state index contributed by atoms with van der Waals surface area (Å²) in [7, 11) is 3.97. The normalized spacial score (nSPS) is 18.2. The number of carbonyl (C=O) groups excluding carboxylic acids is 1. The lowest BCUT2D eigenvalue weighted by Crippen LogP contribution is -2.29. The number of hydrazone groups is 1. The molecule has 0 radical (unpaired) electrons. The Morgan fingerprint density at radius 1 is 1.21 bits per heavy atom. The molecule has 2 rings (SSSR count). The Kier molecular flexibility index (Phi) is 6.03. The van der Waals surface area contributed by atoms with Gasteiger partial charge in [0.2, 0.25) is 0 Å². The molecule has 24 heavy (non-hydrogen) atoms. The number of rotatable bonds is 5. The largest absolute Gasteiger partial charge is 0.378 e. The van der Waals surface area contributed by atoms with E-state index < -0.39 is 0 Å². The molecule has 0 atom stereocenters. The fourth-order valence-electron chi connectivity index (χ4n) is 3.24. The number of hydrogen-bond acceptors (Lipinski definition) is 3. The highest BCUT2D eigenvalue weighted by Gasteiger charge is 2.30. The molecular weight excluding hydrogens is 298 g/mol. The van der Waals surface area contributed by atoms with Crippen LogP contribution in [0.3, 0.4) is 0 Å². The van der Waals surface area contributed by atoms with Gasteiger partial charge < -0.3 is 4.90 Å². The second kappa shape index (κ2) is 7.82. The van der Waals surface area contributed by atoms with Crippen molar-refractivity contribution in [3.63, 3.8) is 0 Å². The van der Waals surface area contributed by atoms with Gasteiger partial charge in [-0.3, -0.25) is 4.79 Å². The average molecular weight is 329 g/mol. The van der Waals surface area contributed by atoms with E-state index in [4.69, 9.17) is 0 Å². The van der Waals surface area contributed by atoms with Gasteiger partial charge in [-0.15, -0.1) is 0 Å². The van der Waals surface area contributed by atoms with Crippen molar-refractivity contribution >= 4 is 17.3 Å². The highest BCUT2D eigenvalue weighted by atomic mass is 16.2. The quantitative estimate of drug-likeness (QED) is 0.810. The summed E-state index contributed by atoms with van der Waals surface area (Å²) >= 11 is 0. The summed E-state index contributed by atoms with van der Waals surface area (Å²) in [6.07, 6.45) is 5.55. The number of benzene rings is 1. The van der Waals surface area contributed by atoms with E-state index in [0.29, 0.717) is 11.0 Å². The molecule has 1 N–H and O–H groups in total. The molecule has 0 spiro atoms. The Morgan fingerprint density at radius 2 is 1.79 bits per heavy atom. The van der Waals surface area contributed by atoms with Gasteiger partial charge in [0.1, 0.15) is 0 Å². The SMILES string of the molecule is CCC(C)(C)C1CCC(=NNC(=O)c2ccc(N(C)C)cc2)CC1. The maximum absolute atomic E-state index is 12.2. The highest BCUT2D eigenvalue weighted by molar-refractivity contribution is 5.95. The van der Waals surface area contributed by atoms with Gasteiger partial charge in [0.15, 0.2) is 0 Å². The molecule has 1 saturated carbocycles. The number of nitrogens with one attached hydrogen (secondary N) is 1. The summed E-state index contributed by atoms with van der Waals surface area (Å²) in [6, 6.07) is 7.57. The Labute approximate surface area is 146 Å². The predicted octanol–water partition coefficient (Wildman–Crippen LogP) is 4.46. The first kappa shape index (κ1) is 18.5. The Balaban J connectivity index is 1.89. The molecule has 0 heterocycles. The van der Waals surface area contributed by atoms with Crippen LogP contribution in [-0.4, -0.2) is 25.7 Å². The summed E-state index contributed by atoms with van der Waals surface area (Å²) in [4.78, 5) is 14.2. The van der Waals surface area contributed by atoms with Crippen LogP contribution in [0.1, 0.15) is 63.2 Å². The summed E-state index contributed by atoms with van der Waals surface area (Å²) in [5.41, 5.74) is 5.97. The molecule has 1 aliphatic rings. The van der Waals surface area contributed by atoms with Gasteiger partial charge in [-0.25, -0.2) is 5.43 Å². The molecule has 1 aromatic rings. The van der Waals surface area contributed by atoms with Crippen molar-refractivity contribution in [3.8, 4) is 0 Å². The minimum absolute atomic E-state index is 0.135. The van der Waals surface area contributed by atoms with E-state index in [1.165, 1.54) is 19.3 Å². The van der Waals surface area contributed by atoms with Crippen molar-refractivity contribution in [2.75, 3.05) is 19.0 Å². The fourth-order valence-corrected chi connectivity index (χ4v) is 3.24. The van der Waals surface area contributed by atoms with E-state index in [9.17, 15) is 4.79 Å². The van der Waals surface area contributed by atoms with Gasteiger partial charge in [0, 0.05) is 31.1 Å². The molecule has 1 aromatic carbocycles. The second-order valence-corrected chi connectivity index (χ2v) is 7.68. The highest BCUT2D eigenvalue weighted by Crippen LogP contribution is 2.39. The van der Waals surface area contributed by atoms with Crippen molar-refractivity contribution in [2.24, 2.45) is 16.4 Å². The Bertz CT molecular complexity index is 577. The molecule has 0 bridgehead atoms. The van der Waals surface area contributed by atoms with Gasteiger partial charge in [-0.2, -0.15) is 5.10 Å². The van der Waals surface area contributed by atoms with E-state index in [1.54, 1.807) is 0 Å². The molecule has 1 aliphatic carbocycles. The molecule has 4 nitrogen and oxygen atoms in total. The van der Waals surface area contributed by atoms with Crippen molar-refractivity contribution in [3.05, 3.63) is 29.8 Å². The third kappa shape index (κ3) is 4.59. The van der Waals surface area contributed by atoms with Crippen LogP contribution >= 0.6 is 0 Å². The van der Waals surface area contributed by atoms with Gasteiger partial charge in [0.05, 0.1) is 0 Å². The average Bonchev–Trinajstić information content (AvgIpc) is 2.60. The minimum Gasteiger partial charge on any atom is -0.378 e. The monoisotopic (exact) mass is 329 g/mol. The molecule has 132 valence electrons.